The maximum Gasteiger partial charge on any atom is 0.340 e. The molecule has 0 aliphatic heterocycles. The average molecular weight is 443 g/mol. The smallest absolute Gasteiger partial charge is 0.340 e. The maximum absolute atomic E-state index is 12.7. The Kier molecular flexibility index (Phi) is 7.48. The number of carbonyl (C=O) groups is 2. The Balaban J connectivity index is 1.60. The fourth-order valence-electron chi connectivity index (χ4n) is 2.58. The molecule has 3 rings (SSSR count). The number of ether oxygens (including phenoxy) is 2. The number of hydrogen-bond acceptors (Lipinski definition) is 7. The minimum absolute atomic E-state index is 0.406. The molecule has 0 saturated heterocycles. The number of rotatable bonds is 8. The summed E-state index contributed by atoms with van der Waals surface area (Å²) >= 11 is 3.11. The van der Waals surface area contributed by atoms with E-state index in [4.69, 9.17) is 9.47 Å². The molecule has 0 fully saturated rings. The first kappa shape index (κ1) is 21.9. The maximum atomic E-state index is 12.7. The van der Waals surface area contributed by atoms with Crippen LogP contribution in [0.1, 0.15) is 28.0 Å². The van der Waals surface area contributed by atoms with Crippen LogP contribution in [0.25, 0.3) is 0 Å². The number of anilines is 1. The van der Waals surface area contributed by atoms with E-state index >= 15 is 0 Å². The third-order valence-electron chi connectivity index (χ3n) is 4.16. The van der Waals surface area contributed by atoms with Crippen LogP contribution in [0.4, 0.5) is 5.69 Å². The molecule has 0 aliphatic carbocycles. The van der Waals surface area contributed by atoms with E-state index in [0.717, 1.165) is 15.6 Å². The Hall–Kier alpha value is -2.84. The first-order valence-electron chi connectivity index (χ1n) is 9.25. The van der Waals surface area contributed by atoms with Crippen LogP contribution in [0.15, 0.2) is 58.8 Å². The number of thiazole rings is 1. The first-order chi connectivity index (χ1) is 14.5. The molecule has 156 valence electrons. The fraction of sp³-hybridized carbons (Fsp3) is 0.227. The molecule has 0 bridgehead atoms. The van der Waals surface area contributed by atoms with E-state index in [-0.39, 0.29) is 0 Å². The van der Waals surface area contributed by atoms with Crippen LogP contribution in [0.3, 0.4) is 0 Å². The van der Waals surface area contributed by atoms with Gasteiger partial charge in [0, 0.05) is 21.7 Å². The number of aryl methyl sites for hydroxylation is 1. The zero-order chi connectivity index (χ0) is 21.5. The van der Waals surface area contributed by atoms with E-state index in [2.05, 4.69) is 10.3 Å². The number of nitrogens with one attached hydrogen (secondary N) is 1. The fourth-order valence-corrected chi connectivity index (χ4v) is 4.23. The van der Waals surface area contributed by atoms with Gasteiger partial charge < -0.3 is 14.8 Å². The van der Waals surface area contributed by atoms with Crippen molar-refractivity contribution < 1.29 is 19.1 Å². The van der Waals surface area contributed by atoms with E-state index in [1.807, 2.05) is 24.4 Å². The minimum Gasteiger partial charge on any atom is -0.497 e. The number of esters is 1. The van der Waals surface area contributed by atoms with Crippen molar-refractivity contribution in [2.75, 3.05) is 12.4 Å². The van der Waals surface area contributed by atoms with Crippen molar-refractivity contribution in [3.05, 3.63) is 70.2 Å². The van der Waals surface area contributed by atoms with Crippen molar-refractivity contribution in [1.29, 1.82) is 0 Å². The highest BCUT2D eigenvalue weighted by Gasteiger charge is 2.21. The molecular weight excluding hydrogens is 420 g/mol. The number of hydrogen-bond donors (Lipinski definition) is 1. The van der Waals surface area contributed by atoms with Crippen LogP contribution in [0.5, 0.6) is 5.75 Å². The number of methoxy groups -OCH3 is 1. The average Bonchev–Trinajstić information content (AvgIpc) is 3.18. The van der Waals surface area contributed by atoms with E-state index < -0.39 is 18.0 Å². The van der Waals surface area contributed by atoms with Crippen LogP contribution >= 0.6 is 23.1 Å². The van der Waals surface area contributed by atoms with Gasteiger partial charge in [-0.25, -0.2) is 9.78 Å². The SMILES string of the molecule is COc1ccc(NC(=O)[C@H](C)OC(=O)c2ccccc2SCc2csc(C)n2)cc1. The lowest BCUT2D eigenvalue weighted by atomic mass is 10.2. The molecule has 30 heavy (non-hydrogen) atoms. The number of aromatic nitrogens is 1. The topological polar surface area (TPSA) is 77.5 Å². The summed E-state index contributed by atoms with van der Waals surface area (Å²) < 4.78 is 10.5. The Morgan fingerprint density at radius 2 is 1.90 bits per heavy atom. The summed E-state index contributed by atoms with van der Waals surface area (Å²) in [6, 6.07) is 14.1. The molecule has 1 atom stereocenters. The van der Waals surface area contributed by atoms with Gasteiger partial charge in [-0.15, -0.1) is 23.1 Å². The largest absolute Gasteiger partial charge is 0.497 e. The third-order valence-corrected chi connectivity index (χ3v) is 6.09. The molecule has 0 aliphatic rings. The molecule has 0 unspecified atom stereocenters. The molecule has 1 heterocycles. The lowest BCUT2D eigenvalue weighted by Gasteiger charge is -2.15. The standard InChI is InChI=1S/C22H22N2O4S2/c1-14(21(25)24-16-8-10-18(27-3)11-9-16)28-22(26)19-6-4-5-7-20(19)30-13-17-12-29-15(2)23-17/h4-12,14H,13H2,1-3H3,(H,24,25)/t14-/m0/s1. The van der Waals surface area contributed by atoms with Gasteiger partial charge in [-0.2, -0.15) is 0 Å². The highest BCUT2D eigenvalue weighted by Crippen LogP contribution is 2.27. The van der Waals surface area contributed by atoms with Gasteiger partial charge >= 0.3 is 5.97 Å². The van der Waals surface area contributed by atoms with E-state index in [1.165, 1.54) is 11.8 Å². The van der Waals surface area contributed by atoms with Crippen LogP contribution < -0.4 is 10.1 Å². The molecule has 1 amide bonds. The second-order valence-electron chi connectivity index (χ2n) is 6.41. The zero-order valence-corrected chi connectivity index (χ0v) is 18.5. The molecule has 0 spiro atoms. The molecule has 6 nitrogen and oxygen atoms in total. The summed E-state index contributed by atoms with van der Waals surface area (Å²) in [5.41, 5.74) is 2.00. The van der Waals surface area contributed by atoms with Gasteiger partial charge in [-0.1, -0.05) is 12.1 Å². The minimum atomic E-state index is -0.946. The highest BCUT2D eigenvalue weighted by atomic mass is 32.2. The molecule has 8 heteroatoms. The van der Waals surface area contributed by atoms with Crippen LogP contribution in [-0.4, -0.2) is 30.1 Å². The Bertz CT molecular complexity index is 1020. The molecule has 0 saturated carbocycles. The van der Waals surface area contributed by atoms with E-state index in [1.54, 1.807) is 61.8 Å². The van der Waals surface area contributed by atoms with E-state index in [9.17, 15) is 9.59 Å². The normalized spacial score (nSPS) is 11.6. The van der Waals surface area contributed by atoms with Crippen molar-refractivity contribution in [2.45, 2.75) is 30.6 Å². The molecule has 1 aromatic heterocycles. The van der Waals surface area contributed by atoms with Gasteiger partial charge in [0.2, 0.25) is 0 Å². The molecular formula is C22H22N2O4S2. The molecule has 2 aromatic carbocycles. The van der Waals surface area contributed by atoms with Crippen molar-refractivity contribution in [3.63, 3.8) is 0 Å². The van der Waals surface area contributed by atoms with Crippen molar-refractivity contribution in [1.82, 2.24) is 4.98 Å². The van der Waals surface area contributed by atoms with Crippen LogP contribution in [0.2, 0.25) is 0 Å². The Morgan fingerprint density at radius 3 is 2.57 bits per heavy atom. The molecule has 0 radical (unpaired) electrons. The second kappa shape index (κ2) is 10.3. The monoisotopic (exact) mass is 442 g/mol. The van der Waals surface area contributed by atoms with Gasteiger partial charge in [0.25, 0.3) is 5.91 Å². The lowest BCUT2D eigenvalue weighted by molar-refractivity contribution is -0.123. The summed E-state index contributed by atoms with van der Waals surface area (Å²) in [7, 11) is 1.57. The summed E-state index contributed by atoms with van der Waals surface area (Å²) in [4.78, 5) is 30.3. The number of amides is 1. The summed E-state index contributed by atoms with van der Waals surface area (Å²) in [5, 5.41) is 5.75. The predicted octanol–water partition coefficient (Wildman–Crippen LogP) is 4.94. The van der Waals surface area contributed by atoms with Gasteiger partial charge in [0.05, 0.1) is 23.4 Å². The van der Waals surface area contributed by atoms with Crippen molar-refractivity contribution >= 4 is 40.7 Å². The van der Waals surface area contributed by atoms with Crippen LogP contribution in [-0.2, 0) is 15.3 Å². The number of thioether (sulfide) groups is 1. The Labute approximate surface area is 183 Å². The number of carbonyl (C=O) groups excluding carboxylic acids is 2. The van der Waals surface area contributed by atoms with Crippen LogP contribution in [0, 0.1) is 6.92 Å². The summed E-state index contributed by atoms with van der Waals surface area (Å²) in [5.74, 6) is 0.401. The Morgan fingerprint density at radius 1 is 1.17 bits per heavy atom. The third kappa shape index (κ3) is 5.84. The highest BCUT2D eigenvalue weighted by molar-refractivity contribution is 7.98. The number of nitrogens with zero attached hydrogens (tertiary/aromatic N) is 1. The van der Waals surface area contributed by atoms with Crippen molar-refractivity contribution in [3.8, 4) is 5.75 Å². The first-order valence-corrected chi connectivity index (χ1v) is 11.1. The van der Waals surface area contributed by atoms with Gasteiger partial charge in [0.1, 0.15) is 5.75 Å². The zero-order valence-electron chi connectivity index (χ0n) is 16.9. The molecule has 3 aromatic rings. The lowest BCUT2D eigenvalue weighted by Crippen LogP contribution is -2.30. The van der Waals surface area contributed by atoms with Gasteiger partial charge in [-0.3, -0.25) is 4.79 Å². The quantitative estimate of drug-likeness (QED) is 0.393. The summed E-state index contributed by atoms with van der Waals surface area (Å²) in [6.45, 7) is 3.51. The molecule has 1 N–H and O–H groups in total. The van der Waals surface area contributed by atoms with Crippen molar-refractivity contribution in [2.24, 2.45) is 0 Å². The van der Waals surface area contributed by atoms with Gasteiger partial charge in [0.15, 0.2) is 6.10 Å². The van der Waals surface area contributed by atoms with Gasteiger partial charge in [-0.05, 0) is 50.2 Å². The second-order valence-corrected chi connectivity index (χ2v) is 8.49. The van der Waals surface area contributed by atoms with E-state index in [0.29, 0.717) is 22.8 Å². The predicted molar refractivity (Wildman–Crippen MR) is 119 cm³/mol. The number of benzene rings is 2. The summed E-state index contributed by atoms with van der Waals surface area (Å²) in [6.07, 6.45) is -0.946.